The van der Waals surface area contributed by atoms with Crippen molar-refractivity contribution in [1.29, 1.82) is 5.26 Å². The molecule has 1 heterocycles. The first kappa shape index (κ1) is 22.0. The fraction of sp³-hybridized carbons (Fsp3) is 0.0769. The smallest absolute Gasteiger partial charge is 0.342 e. The average molecular weight is 448 g/mol. The molecule has 3 aromatic carbocycles. The fourth-order valence-electron chi connectivity index (χ4n) is 3.61. The van der Waals surface area contributed by atoms with Gasteiger partial charge in [-0.1, -0.05) is 42.5 Å². The van der Waals surface area contributed by atoms with Crippen LogP contribution in [0.15, 0.2) is 72.9 Å². The van der Waals surface area contributed by atoms with Gasteiger partial charge >= 0.3 is 6.18 Å². The predicted octanol–water partition coefficient (Wildman–Crippen LogP) is 6.72. The van der Waals surface area contributed by atoms with E-state index in [2.05, 4.69) is 6.07 Å². The van der Waals surface area contributed by atoms with E-state index >= 15 is 0 Å². The Hall–Kier alpha value is -4.18. The number of hydrogen-bond donors (Lipinski definition) is 0. The molecule has 33 heavy (non-hydrogen) atoms. The Morgan fingerprint density at radius 1 is 1.00 bits per heavy atom. The molecule has 0 saturated heterocycles. The topological polar surface area (TPSA) is 45.8 Å². The Bertz CT molecular complexity index is 1390. The van der Waals surface area contributed by atoms with Crippen LogP contribution in [-0.4, -0.2) is 10.9 Å². The van der Waals surface area contributed by atoms with Gasteiger partial charge < -0.3 is 4.57 Å². The summed E-state index contributed by atoms with van der Waals surface area (Å²) in [5.41, 5.74) is 2.18. The van der Waals surface area contributed by atoms with E-state index in [-0.39, 0.29) is 6.54 Å². The predicted molar refractivity (Wildman–Crippen MR) is 118 cm³/mol. The zero-order valence-electron chi connectivity index (χ0n) is 17.1. The first-order chi connectivity index (χ1) is 15.8. The Morgan fingerprint density at radius 3 is 2.30 bits per heavy atom. The van der Waals surface area contributed by atoms with Gasteiger partial charge in [-0.15, -0.1) is 0 Å². The molecule has 0 atom stereocenters. The lowest BCUT2D eigenvalue weighted by Gasteiger charge is -2.09. The van der Waals surface area contributed by atoms with Crippen molar-refractivity contribution in [2.45, 2.75) is 12.7 Å². The number of carbonyl (C=O) groups excluding carboxylic acids is 1. The van der Waals surface area contributed by atoms with E-state index in [0.29, 0.717) is 45.0 Å². The third kappa shape index (κ3) is 4.70. The zero-order chi connectivity index (χ0) is 23.6. The molecule has 164 valence electrons. The average Bonchev–Trinajstić information content (AvgIpc) is 3.15. The SMILES string of the molecule is N#C/C(=C\c1cn(Cc2ccc(F)cc2)c2cc(C(F)(F)F)ccc12)c1ccc(C=O)cc1. The minimum absolute atomic E-state index is 0.224. The lowest BCUT2D eigenvalue weighted by atomic mass is 10.0. The molecule has 0 aliphatic heterocycles. The summed E-state index contributed by atoms with van der Waals surface area (Å²) in [5, 5.41) is 10.2. The number of fused-ring (bicyclic) bond motifs is 1. The summed E-state index contributed by atoms with van der Waals surface area (Å²) in [6.45, 7) is 0.224. The van der Waals surface area contributed by atoms with Gasteiger partial charge in [0.25, 0.3) is 0 Å². The van der Waals surface area contributed by atoms with Gasteiger partial charge in [0, 0.05) is 34.8 Å². The van der Waals surface area contributed by atoms with Crippen molar-refractivity contribution in [2.24, 2.45) is 0 Å². The maximum absolute atomic E-state index is 13.3. The number of aromatic nitrogens is 1. The van der Waals surface area contributed by atoms with Gasteiger partial charge in [-0.25, -0.2) is 4.39 Å². The molecule has 0 aliphatic carbocycles. The highest BCUT2D eigenvalue weighted by molar-refractivity contribution is 5.98. The van der Waals surface area contributed by atoms with Crippen LogP contribution in [0.2, 0.25) is 0 Å². The van der Waals surface area contributed by atoms with Gasteiger partial charge in [-0.3, -0.25) is 4.79 Å². The summed E-state index contributed by atoms with van der Waals surface area (Å²) in [6.07, 6.45) is -0.536. The second-order valence-corrected chi connectivity index (χ2v) is 7.48. The monoisotopic (exact) mass is 448 g/mol. The third-order valence-corrected chi connectivity index (χ3v) is 5.28. The van der Waals surface area contributed by atoms with E-state index < -0.39 is 17.6 Å². The molecule has 0 saturated carbocycles. The van der Waals surface area contributed by atoms with Crippen molar-refractivity contribution in [3.63, 3.8) is 0 Å². The molecule has 7 heteroatoms. The minimum Gasteiger partial charge on any atom is -0.342 e. The van der Waals surface area contributed by atoms with E-state index in [1.165, 1.54) is 18.2 Å². The molecule has 1 aromatic heterocycles. The molecule has 0 bridgehead atoms. The van der Waals surface area contributed by atoms with Gasteiger partial charge in [0.15, 0.2) is 0 Å². The van der Waals surface area contributed by atoms with Crippen LogP contribution in [0.3, 0.4) is 0 Å². The van der Waals surface area contributed by atoms with Crippen LogP contribution in [-0.2, 0) is 12.7 Å². The number of benzene rings is 3. The Kier molecular flexibility index (Phi) is 5.84. The second kappa shape index (κ2) is 8.75. The maximum atomic E-state index is 13.3. The number of halogens is 4. The van der Waals surface area contributed by atoms with Crippen LogP contribution in [0, 0.1) is 17.1 Å². The highest BCUT2D eigenvalue weighted by Gasteiger charge is 2.31. The number of aldehydes is 1. The first-order valence-electron chi connectivity index (χ1n) is 9.90. The van der Waals surface area contributed by atoms with E-state index in [0.717, 1.165) is 12.1 Å². The van der Waals surface area contributed by atoms with Crippen LogP contribution >= 0.6 is 0 Å². The molecule has 4 rings (SSSR count). The molecule has 0 fully saturated rings. The van der Waals surface area contributed by atoms with E-state index in [1.54, 1.807) is 53.2 Å². The summed E-state index contributed by atoms with van der Waals surface area (Å²) >= 11 is 0. The van der Waals surface area contributed by atoms with Crippen LogP contribution in [0.1, 0.15) is 32.6 Å². The van der Waals surface area contributed by atoms with Gasteiger partial charge in [-0.05, 0) is 41.5 Å². The summed E-state index contributed by atoms with van der Waals surface area (Å²) in [6, 6.07) is 17.7. The number of nitriles is 1. The highest BCUT2D eigenvalue weighted by Crippen LogP contribution is 2.34. The fourth-order valence-corrected chi connectivity index (χ4v) is 3.61. The molecule has 3 nitrogen and oxygen atoms in total. The molecule has 0 N–H and O–H groups in total. The second-order valence-electron chi connectivity index (χ2n) is 7.48. The van der Waals surface area contributed by atoms with Crippen LogP contribution in [0.5, 0.6) is 0 Å². The molecular weight excluding hydrogens is 432 g/mol. The summed E-state index contributed by atoms with van der Waals surface area (Å²) in [7, 11) is 0. The number of nitrogens with zero attached hydrogens (tertiary/aromatic N) is 2. The van der Waals surface area contributed by atoms with Crippen molar-refractivity contribution in [3.8, 4) is 6.07 Å². The number of hydrogen-bond acceptors (Lipinski definition) is 2. The number of allylic oxidation sites excluding steroid dienone is 1. The summed E-state index contributed by atoms with van der Waals surface area (Å²) < 4.78 is 54.9. The minimum atomic E-state index is -4.51. The Labute approximate surface area is 186 Å². The van der Waals surface area contributed by atoms with E-state index in [1.807, 2.05) is 0 Å². The molecule has 0 amide bonds. The molecule has 0 radical (unpaired) electrons. The zero-order valence-corrected chi connectivity index (χ0v) is 17.1. The number of alkyl halides is 3. The summed E-state index contributed by atoms with van der Waals surface area (Å²) in [4.78, 5) is 10.9. The van der Waals surface area contributed by atoms with Crippen LogP contribution in [0.25, 0.3) is 22.6 Å². The van der Waals surface area contributed by atoms with Gasteiger partial charge in [0.05, 0.1) is 17.2 Å². The van der Waals surface area contributed by atoms with Crippen molar-refractivity contribution in [2.75, 3.05) is 0 Å². The van der Waals surface area contributed by atoms with Crippen molar-refractivity contribution in [1.82, 2.24) is 4.57 Å². The van der Waals surface area contributed by atoms with Crippen LogP contribution in [0.4, 0.5) is 17.6 Å². The molecular formula is C26H16F4N2O. The van der Waals surface area contributed by atoms with E-state index in [4.69, 9.17) is 0 Å². The van der Waals surface area contributed by atoms with Crippen molar-refractivity contribution < 1.29 is 22.4 Å². The van der Waals surface area contributed by atoms with Gasteiger partial charge in [0.1, 0.15) is 12.1 Å². The molecule has 0 unspecified atom stereocenters. The van der Waals surface area contributed by atoms with E-state index in [9.17, 15) is 27.6 Å². The van der Waals surface area contributed by atoms with Gasteiger partial charge in [-0.2, -0.15) is 18.4 Å². The third-order valence-electron chi connectivity index (χ3n) is 5.28. The molecule has 0 aliphatic rings. The van der Waals surface area contributed by atoms with Crippen molar-refractivity contribution >= 4 is 28.8 Å². The largest absolute Gasteiger partial charge is 0.416 e. The maximum Gasteiger partial charge on any atom is 0.416 e. The van der Waals surface area contributed by atoms with Crippen molar-refractivity contribution in [3.05, 3.63) is 107 Å². The Balaban J connectivity index is 1.84. The molecule has 4 aromatic rings. The quantitative estimate of drug-likeness (QED) is 0.193. The lowest BCUT2D eigenvalue weighted by molar-refractivity contribution is -0.137. The lowest BCUT2D eigenvalue weighted by Crippen LogP contribution is -2.05. The number of carbonyl (C=O) groups is 1. The normalized spacial score (nSPS) is 12.0. The van der Waals surface area contributed by atoms with Crippen LogP contribution < -0.4 is 0 Å². The Morgan fingerprint density at radius 2 is 1.70 bits per heavy atom. The first-order valence-corrected chi connectivity index (χ1v) is 9.90. The number of rotatable bonds is 5. The summed E-state index contributed by atoms with van der Waals surface area (Å²) in [5.74, 6) is -0.404. The standard InChI is InChI=1S/C26H16F4N2O/c27-23-8-3-17(4-9-23)14-32-15-21(24-10-7-22(12-25(24)32)26(28,29)30)11-20(13-31)19-5-1-18(16-33)2-6-19/h1-12,15-16H,14H2/b20-11+. The molecule has 0 spiro atoms. The van der Waals surface area contributed by atoms with Gasteiger partial charge in [0.2, 0.25) is 0 Å². The highest BCUT2D eigenvalue weighted by atomic mass is 19.4.